The van der Waals surface area contributed by atoms with Gasteiger partial charge >= 0.3 is 0 Å². The molecule has 0 heterocycles. The summed E-state index contributed by atoms with van der Waals surface area (Å²) in [5, 5.41) is 9.91. The zero-order valence-electron chi connectivity index (χ0n) is 12.3. The summed E-state index contributed by atoms with van der Waals surface area (Å²) in [6.07, 6.45) is 6.39. The van der Waals surface area contributed by atoms with Crippen molar-refractivity contribution in [3.8, 4) is 5.75 Å². The Labute approximate surface area is 141 Å². The number of rotatable bonds is 2. The molecule has 0 unspecified atom stereocenters. The minimum Gasteiger partial charge on any atom is -0.508 e. The van der Waals surface area contributed by atoms with Crippen LogP contribution in [0.3, 0.4) is 0 Å². The van der Waals surface area contributed by atoms with Gasteiger partial charge in [0, 0.05) is 29.6 Å². The van der Waals surface area contributed by atoms with E-state index in [0.717, 1.165) is 22.5 Å². The van der Waals surface area contributed by atoms with Crippen LogP contribution in [0.25, 0.3) is 0 Å². The standard InChI is InChI=1S/C16H17NO2.Na/c1-10(2)14-9-15(11(3)8-16(14)19)17-12-4-6-13(18)7-5-12;/h4-10,19H,1-3H3;. The summed E-state index contributed by atoms with van der Waals surface area (Å²) in [6, 6.07) is 3.64. The Morgan fingerprint density at radius 3 is 2.25 bits per heavy atom. The van der Waals surface area contributed by atoms with Gasteiger partial charge in [0.15, 0.2) is 5.78 Å². The summed E-state index contributed by atoms with van der Waals surface area (Å²) in [7, 11) is 0. The molecule has 0 atom stereocenters. The van der Waals surface area contributed by atoms with Crippen LogP contribution in [-0.2, 0) is 4.79 Å². The number of ketones is 1. The topological polar surface area (TPSA) is 49.7 Å². The van der Waals surface area contributed by atoms with Gasteiger partial charge in [0.2, 0.25) is 0 Å². The van der Waals surface area contributed by atoms with Gasteiger partial charge in [-0.25, -0.2) is 4.99 Å². The predicted octanol–water partition coefficient (Wildman–Crippen LogP) is 3.21. The molecule has 1 aromatic rings. The molecule has 0 fully saturated rings. The molecule has 0 spiro atoms. The van der Waals surface area contributed by atoms with Gasteiger partial charge in [-0.1, -0.05) is 13.8 Å². The van der Waals surface area contributed by atoms with Crippen molar-refractivity contribution in [2.24, 2.45) is 4.99 Å². The van der Waals surface area contributed by atoms with Crippen LogP contribution in [0.5, 0.6) is 5.75 Å². The van der Waals surface area contributed by atoms with Gasteiger partial charge in [-0.3, -0.25) is 4.79 Å². The van der Waals surface area contributed by atoms with E-state index in [1.807, 2.05) is 26.8 Å². The van der Waals surface area contributed by atoms with E-state index in [0.29, 0.717) is 5.75 Å². The average molecular weight is 278 g/mol. The maximum absolute atomic E-state index is 11.1. The molecule has 0 amide bonds. The number of nitrogens with zero attached hydrogens (tertiary/aromatic N) is 1. The first-order valence-electron chi connectivity index (χ1n) is 6.29. The van der Waals surface area contributed by atoms with E-state index in [1.165, 1.54) is 12.2 Å². The van der Waals surface area contributed by atoms with E-state index in [1.54, 1.807) is 18.2 Å². The SMILES string of the molecule is Cc1cc(O)c(C(C)C)cc1N=C1C=CC(=O)C=C1.[Na]. The molecular weight excluding hydrogens is 261 g/mol. The summed E-state index contributed by atoms with van der Waals surface area (Å²) < 4.78 is 0. The zero-order chi connectivity index (χ0) is 14.0. The van der Waals surface area contributed by atoms with E-state index >= 15 is 0 Å². The first-order chi connectivity index (χ1) is 8.97. The van der Waals surface area contributed by atoms with Gasteiger partial charge in [0.1, 0.15) is 5.75 Å². The summed E-state index contributed by atoms with van der Waals surface area (Å²) in [6.45, 7) is 5.96. The summed E-state index contributed by atoms with van der Waals surface area (Å²) >= 11 is 0. The van der Waals surface area contributed by atoms with E-state index in [2.05, 4.69) is 4.99 Å². The van der Waals surface area contributed by atoms with Gasteiger partial charge < -0.3 is 5.11 Å². The van der Waals surface area contributed by atoms with Crippen molar-refractivity contribution in [3.63, 3.8) is 0 Å². The van der Waals surface area contributed by atoms with Crippen LogP contribution < -0.4 is 0 Å². The van der Waals surface area contributed by atoms with Gasteiger partial charge in [-0.2, -0.15) is 0 Å². The van der Waals surface area contributed by atoms with Gasteiger partial charge in [0.05, 0.1) is 11.4 Å². The predicted molar refractivity (Wildman–Crippen MR) is 83.1 cm³/mol. The van der Waals surface area contributed by atoms with Gasteiger partial charge in [0.25, 0.3) is 0 Å². The fourth-order valence-corrected chi connectivity index (χ4v) is 1.94. The fourth-order valence-electron chi connectivity index (χ4n) is 1.94. The van der Waals surface area contributed by atoms with Gasteiger partial charge in [-0.15, -0.1) is 0 Å². The molecule has 0 saturated heterocycles. The number of aliphatic imine (C=N–C) groups is 1. The largest absolute Gasteiger partial charge is 0.508 e. The Kier molecular flexibility index (Phi) is 5.93. The Hall–Kier alpha value is -1.16. The third kappa shape index (κ3) is 3.92. The van der Waals surface area contributed by atoms with E-state index in [4.69, 9.17) is 0 Å². The van der Waals surface area contributed by atoms with E-state index < -0.39 is 0 Å². The van der Waals surface area contributed by atoms with Crippen molar-refractivity contribution < 1.29 is 9.90 Å². The number of hydrogen-bond acceptors (Lipinski definition) is 3. The van der Waals surface area contributed by atoms with Crippen molar-refractivity contribution in [3.05, 3.63) is 47.6 Å². The number of phenols is 1. The molecule has 1 aliphatic carbocycles. The molecule has 2 rings (SSSR count). The van der Waals surface area contributed by atoms with Crippen LogP contribution in [0, 0.1) is 6.92 Å². The molecule has 4 heteroatoms. The molecule has 1 N–H and O–H groups in total. The summed E-state index contributed by atoms with van der Waals surface area (Å²) in [4.78, 5) is 15.6. The quantitative estimate of drug-likeness (QED) is 0.667. The molecule has 0 bridgehead atoms. The molecule has 0 saturated carbocycles. The molecule has 1 radical (unpaired) electrons. The Balaban J connectivity index is 0.00000200. The average Bonchev–Trinajstić information content (AvgIpc) is 2.34. The smallest absolute Gasteiger partial charge is 0.178 e. The Morgan fingerprint density at radius 1 is 1.10 bits per heavy atom. The minimum absolute atomic E-state index is 0. The third-order valence-corrected chi connectivity index (χ3v) is 3.05. The van der Waals surface area contributed by atoms with Crippen molar-refractivity contribution in [1.82, 2.24) is 0 Å². The van der Waals surface area contributed by atoms with Crippen molar-refractivity contribution in [1.29, 1.82) is 0 Å². The zero-order valence-corrected chi connectivity index (χ0v) is 14.3. The first-order valence-corrected chi connectivity index (χ1v) is 6.29. The van der Waals surface area contributed by atoms with Crippen LogP contribution >= 0.6 is 0 Å². The molecule has 1 aromatic carbocycles. The van der Waals surface area contributed by atoms with Crippen LogP contribution in [0.4, 0.5) is 5.69 Å². The number of benzene rings is 1. The molecule has 0 aliphatic heterocycles. The van der Waals surface area contributed by atoms with Crippen molar-refractivity contribution in [2.75, 3.05) is 0 Å². The van der Waals surface area contributed by atoms with Gasteiger partial charge in [-0.05, 0) is 60.4 Å². The number of allylic oxidation sites excluding steroid dienone is 4. The van der Waals surface area contributed by atoms with Crippen molar-refractivity contribution in [2.45, 2.75) is 26.7 Å². The minimum atomic E-state index is -0.0238. The van der Waals surface area contributed by atoms with E-state index in [9.17, 15) is 9.90 Å². The van der Waals surface area contributed by atoms with Crippen molar-refractivity contribution >= 4 is 46.7 Å². The number of carbonyl (C=O) groups excluding carboxylic acids is 1. The monoisotopic (exact) mass is 278 g/mol. The van der Waals surface area contributed by atoms with E-state index in [-0.39, 0.29) is 41.3 Å². The number of aryl methyl sites for hydroxylation is 1. The van der Waals surface area contributed by atoms with Crippen LogP contribution in [0.1, 0.15) is 30.9 Å². The number of phenolic OH excluding ortho intramolecular Hbond substituents is 1. The molecule has 20 heavy (non-hydrogen) atoms. The second-order valence-corrected chi connectivity index (χ2v) is 4.96. The number of carbonyl (C=O) groups is 1. The third-order valence-electron chi connectivity index (χ3n) is 3.05. The first kappa shape index (κ1) is 16.9. The number of hydrogen-bond donors (Lipinski definition) is 1. The molecule has 0 aromatic heterocycles. The Bertz CT molecular complexity index is 595. The van der Waals surface area contributed by atoms with Crippen LogP contribution in [0.2, 0.25) is 0 Å². The number of aromatic hydroxyl groups is 1. The Morgan fingerprint density at radius 2 is 1.70 bits per heavy atom. The normalized spacial score (nSPS) is 13.6. The fraction of sp³-hybridized carbons (Fsp3) is 0.250. The maximum atomic E-state index is 11.1. The van der Waals surface area contributed by atoms with Crippen LogP contribution in [-0.4, -0.2) is 46.2 Å². The maximum Gasteiger partial charge on any atom is 0.178 e. The molecule has 1 aliphatic rings. The second-order valence-electron chi connectivity index (χ2n) is 4.96. The van der Waals surface area contributed by atoms with Crippen LogP contribution in [0.15, 0.2) is 41.4 Å². The summed E-state index contributed by atoms with van der Waals surface area (Å²) in [5.74, 6) is 0.518. The molecule has 99 valence electrons. The summed E-state index contributed by atoms with van der Waals surface area (Å²) in [5.41, 5.74) is 3.35. The molecular formula is C16H17NNaO2. The molecule has 3 nitrogen and oxygen atoms in total. The second kappa shape index (κ2) is 7.02.